The molecule has 1 amide bonds. The van der Waals surface area contributed by atoms with E-state index in [2.05, 4.69) is 18.2 Å². The number of piperidine rings is 1. The maximum Gasteiger partial charge on any atom is 0.251 e. The number of ether oxygens (including phenoxy) is 3. The van der Waals surface area contributed by atoms with Crippen LogP contribution in [0.1, 0.15) is 62.5 Å². The third-order valence-corrected chi connectivity index (χ3v) is 7.01. The molecular weight excluding hydrogens is 354 g/mol. The van der Waals surface area contributed by atoms with Crippen LogP contribution < -0.4 is 4.74 Å². The van der Waals surface area contributed by atoms with Gasteiger partial charge in [-0.2, -0.15) is 0 Å². The Morgan fingerprint density at radius 2 is 1.89 bits per heavy atom. The first kappa shape index (κ1) is 18.4. The molecule has 1 atom stereocenters. The van der Waals surface area contributed by atoms with E-state index < -0.39 is 0 Å². The van der Waals surface area contributed by atoms with E-state index in [4.69, 9.17) is 14.2 Å². The lowest BCUT2D eigenvalue weighted by Crippen LogP contribution is -2.50. The standard InChI is InChI=1S/C23H31NO4/c25-22(21-6-3-14-26-21)24-12-10-23(11-13-24)20-8-7-19(16-17(20)9-15-27-23)28-18-4-1-2-5-18/h7-8,16,18,21H,1-6,9-15H2. The van der Waals surface area contributed by atoms with Crippen molar-refractivity contribution in [1.29, 1.82) is 0 Å². The highest BCUT2D eigenvalue weighted by atomic mass is 16.5. The molecule has 28 heavy (non-hydrogen) atoms. The minimum Gasteiger partial charge on any atom is -0.490 e. The molecule has 3 aliphatic heterocycles. The molecule has 5 heteroatoms. The molecule has 1 saturated carbocycles. The maximum absolute atomic E-state index is 12.7. The number of nitrogens with zero attached hydrogens (tertiary/aromatic N) is 1. The second kappa shape index (κ2) is 7.68. The van der Waals surface area contributed by atoms with Crippen LogP contribution in [0.4, 0.5) is 0 Å². The largest absolute Gasteiger partial charge is 0.490 e. The Morgan fingerprint density at radius 1 is 1.07 bits per heavy atom. The zero-order chi connectivity index (χ0) is 19.0. The van der Waals surface area contributed by atoms with E-state index in [1.165, 1.54) is 36.8 Å². The number of amides is 1. The zero-order valence-corrected chi connectivity index (χ0v) is 16.7. The summed E-state index contributed by atoms with van der Waals surface area (Å²) in [5.74, 6) is 1.18. The van der Waals surface area contributed by atoms with Crippen molar-refractivity contribution in [2.24, 2.45) is 0 Å². The lowest BCUT2D eigenvalue weighted by Gasteiger charge is -2.45. The summed E-state index contributed by atoms with van der Waals surface area (Å²) in [5.41, 5.74) is 2.43. The number of fused-ring (bicyclic) bond motifs is 2. The van der Waals surface area contributed by atoms with Gasteiger partial charge in [-0.3, -0.25) is 4.79 Å². The molecule has 152 valence electrons. The summed E-state index contributed by atoms with van der Waals surface area (Å²) in [6.07, 6.45) is 9.63. The number of benzene rings is 1. The zero-order valence-electron chi connectivity index (χ0n) is 16.7. The van der Waals surface area contributed by atoms with Crippen LogP contribution >= 0.6 is 0 Å². The van der Waals surface area contributed by atoms with Crippen molar-refractivity contribution < 1.29 is 19.0 Å². The molecule has 1 aromatic carbocycles. The number of hydrogen-bond acceptors (Lipinski definition) is 4. The van der Waals surface area contributed by atoms with Gasteiger partial charge >= 0.3 is 0 Å². The lowest BCUT2D eigenvalue weighted by atomic mass is 9.79. The summed E-state index contributed by atoms with van der Waals surface area (Å²) in [4.78, 5) is 14.7. The number of rotatable bonds is 3. The Kier molecular flexibility index (Phi) is 5.06. The monoisotopic (exact) mass is 385 g/mol. The van der Waals surface area contributed by atoms with Gasteiger partial charge in [0.1, 0.15) is 11.9 Å². The summed E-state index contributed by atoms with van der Waals surface area (Å²) in [6.45, 7) is 2.96. The van der Waals surface area contributed by atoms with Crippen molar-refractivity contribution in [3.63, 3.8) is 0 Å². The van der Waals surface area contributed by atoms with Crippen LogP contribution in [-0.4, -0.2) is 49.3 Å². The number of carbonyl (C=O) groups is 1. The maximum atomic E-state index is 12.7. The van der Waals surface area contributed by atoms with Gasteiger partial charge in [-0.1, -0.05) is 6.07 Å². The normalized spacial score (nSPS) is 27.1. The van der Waals surface area contributed by atoms with Crippen LogP contribution in [-0.2, 0) is 26.3 Å². The number of carbonyl (C=O) groups excluding carboxylic acids is 1. The Labute approximate surface area is 167 Å². The topological polar surface area (TPSA) is 48.0 Å². The fraction of sp³-hybridized carbons (Fsp3) is 0.696. The van der Waals surface area contributed by atoms with Gasteiger partial charge in [-0.15, -0.1) is 0 Å². The van der Waals surface area contributed by atoms with Crippen LogP contribution in [0.3, 0.4) is 0 Å². The van der Waals surface area contributed by atoms with E-state index in [1.54, 1.807) is 0 Å². The number of likely N-dealkylation sites (tertiary alicyclic amines) is 1. The molecular formula is C23H31NO4. The molecule has 4 aliphatic rings. The van der Waals surface area contributed by atoms with Gasteiger partial charge in [0.25, 0.3) is 5.91 Å². The quantitative estimate of drug-likeness (QED) is 0.798. The summed E-state index contributed by atoms with van der Waals surface area (Å²) >= 11 is 0. The van der Waals surface area contributed by atoms with Crippen LogP contribution in [0.25, 0.3) is 0 Å². The second-order valence-corrected chi connectivity index (χ2v) is 8.76. The number of hydrogen-bond donors (Lipinski definition) is 0. The van der Waals surface area contributed by atoms with E-state index in [9.17, 15) is 4.79 Å². The molecule has 2 saturated heterocycles. The first-order chi connectivity index (χ1) is 13.7. The molecule has 5 nitrogen and oxygen atoms in total. The Balaban J connectivity index is 1.28. The molecule has 0 N–H and O–H groups in total. The summed E-state index contributed by atoms with van der Waals surface area (Å²) < 4.78 is 18.2. The molecule has 1 aromatic rings. The fourth-order valence-electron chi connectivity index (χ4n) is 5.41. The third-order valence-electron chi connectivity index (χ3n) is 7.01. The molecule has 1 aliphatic carbocycles. The highest BCUT2D eigenvalue weighted by Crippen LogP contribution is 2.43. The predicted molar refractivity (Wildman–Crippen MR) is 105 cm³/mol. The van der Waals surface area contributed by atoms with Crippen molar-refractivity contribution in [2.45, 2.75) is 75.6 Å². The van der Waals surface area contributed by atoms with E-state index in [1.807, 2.05) is 4.90 Å². The van der Waals surface area contributed by atoms with Gasteiger partial charge in [-0.25, -0.2) is 0 Å². The van der Waals surface area contributed by atoms with Gasteiger partial charge in [0.05, 0.1) is 18.3 Å². The fourth-order valence-corrected chi connectivity index (χ4v) is 5.41. The van der Waals surface area contributed by atoms with Crippen molar-refractivity contribution >= 4 is 5.91 Å². The average molecular weight is 386 g/mol. The van der Waals surface area contributed by atoms with Crippen LogP contribution in [0.5, 0.6) is 5.75 Å². The van der Waals surface area contributed by atoms with Gasteiger partial charge < -0.3 is 19.1 Å². The first-order valence-corrected chi connectivity index (χ1v) is 11.1. The molecule has 3 heterocycles. The van der Waals surface area contributed by atoms with E-state index >= 15 is 0 Å². The van der Waals surface area contributed by atoms with Gasteiger partial charge in [0, 0.05) is 19.7 Å². The molecule has 1 unspecified atom stereocenters. The van der Waals surface area contributed by atoms with Crippen LogP contribution in [0, 0.1) is 0 Å². The van der Waals surface area contributed by atoms with Crippen molar-refractivity contribution in [1.82, 2.24) is 4.90 Å². The van der Waals surface area contributed by atoms with E-state index in [0.29, 0.717) is 6.10 Å². The second-order valence-electron chi connectivity index (χ2n) is 8.76. The highest BCUT2D eigenvalue weighted by molar-refractivity contribution is 5.81. The van der Waals surface area contributed by atoms with Crippen LogP contribution in [0.15, 0.2) is 18.2 Å². The average Bonchev–Trinajstić information content (AvgIpc) is 3.43. The molecule has 3 fully saturated rings. The molecule has 1 spiro atoms. The van der Waals surface area contributed by atoms with Crippen LogP contribution in [0.2, 0.25) is 0 Å². The molecule has 5 rings (SSSR count). The molecule has 0 bridgehead atoms. The Bertz CT molecular complexity index is 713. The van der Waals surface area contributed by atoms with Crippen molar-refractivity contribution in [3.8, 4) is 5.75 Å². The van der Waals surface area contributed by atoms with Gasteiger partial charge in [0.2, 0.25) is 0 Å². The SMILES string of the molecule is O=C(C1CCCO1)N1CCC2(CC1)OCCc1cc(OC3CCCC3)ccc12. The lowest BCUT2D eigenvalue weighted by molar-refractivity contribution is -0.149. The summed E-state index contributed by atoms with van der Waals surface area (Å²) in [5, 5.41) is 0. The summed E-state index contributed by atoms with van der Waals surface area (Å²) in [6, 6.07) is 6.58. The van der Waals surface area contributed by atoms with Crippen molar-refractivity contribution in [2.75, 3.05) is 26.3 Å². The third kappa shape index (κ3) is 3.43. The predicted octanol–water partition coefficient (Wildman–Crippen LogP) is 3.58. The molecule has 0 radical (unpaired) electrons. The Hall–Kier alpha value is -1.59. The smallest absolute Gasteiger partial charge is 0.251 e. The minimum atomic E-state index is -0.243. The molecule has 0 aromatic heterocycles. The highest BCUT2D eigenvalue weighted by Gasteiger charge is 2.43. The van der Waals surface area contributed by atoms with Crippen molar-refractivity contribution in [3.05, 3.63) is 29.3 Å². The first-order valence-electron chi connectivity index (χ1n) is 11.1. The van der Waals surface area contributed by atoms with Gasteiger partial charge in [0.15, 0.2) is 0 Å². The van der Waals surface area contributed by atoms with E-state index in [-0.39, 0.29) is 17.6 Å². The van der Waals surface area contributed by atoms with E-state index in [0.717, 1.165) is 64.2 Å². The van der Waals surface area contributed by atoms with Gasteiger partial charge in [-0.05, 0) is 81.0 Å². The minimum absolute atomic E-state index is 0.170. The Morgan fingerprint density at radius 3 is 2.64 bits per heavy atom. The summed E-state index contributed by atoms with van der Waals surface area (Å²) in [7, 11) is 0.